The third kappa shape index (κ3) is 25.9. The van der Waals surface area contributed by atoms with Crippen LogP contribution in [0.2, 0.25) is 0 Å². The lowest BCUT2D eigenvalue weighted by molar-refractivity contribution is -0.121. The van der Waals surface area contributed by atoms with E-state index in [4.69, 9.17) is 0 Å². The van der Waals surface area contributed by atoms with Crippen molar-refractivity contribution in [2.45, 2.75) is 187 Å². The molecule has 2 nitrogen and oxygen atoms in total. The van der Waals surface area contributed by atoms with Gasteiger partial charge in [-0.15, -0.1) is 0 Å². The Bertz CT molecular complexity index is 366. The molecule has 192 valence electrons. The molecule has 1 atom stereocenters. The van der Waals surface area contributed by atoms with Gasteiger partial charge in [-0.3, -0.25) is 4.79 Å². The van der Waals surface area contributed by atoms with Gasteiger partial charge in [-0.25, -0.2) is 0 Å². The predicted octanol–water partition coefficient (Wildman–Crippen LogP) is 10.1. The van der Waals surface area contributed by atoms with Crippen molar-refractivity contribution >= 4 is 5.78 Å². The largest absolute Gasteiger partial charge is 0.393 e. The molecule has 0 aromatic heterocycles. The van der Waals surface area contributed by atoms with Gasteiger partial charge in [0.15, 0.2) is 0 Å². The maximum atomic E-state index is 11.7. The first-order valence-corrected chi connectivity index (χ1v) is 14.9. The van der Waals surface area contributed by atoms with Crippen LogP contribution in [-0.4, -0.2) is 17.0 Å². The maximum absolute atomic E-state index is 11.7. The molecule has 0 aromatic rings. The van der Waals surface area contributed by atoms with E-state index in [0.29, 0.717) is 12.8 Å². The summed E-state index contributed by atoms with van der Waals surface area (Å²) >= 11 is 0. The Morgan fingerprint density at radius 1 is 0.500 bits per heavy atom. The Hall–Kier alpha value is -0.370. The van der Waals surface area contributed by atoms with Gasteiger partial charge >= 0.3 is 0 Å². The van der Waals surface area contributed by atoms with Gasteiger partial charge < -0.3 is 5.11 Å². The summed E-state index contributed by atoms with van der Waals surface area (Å²) in [5.74, 6) is 0.239. The average molecular weight is 453 g/mol. The fourth-order valence-electron chi connectivity index (χ4n) is 4.65. The molecule has 0 aliphatic carbocycles. The van der Waals surface area contributed by atoms with Crippen LogP contribution in [0, 0.1) is 0 Å². The third-order valence-corrected chi connectivity index (χ3v) is 6.91. The van der Waals surface area contributed by atoms with Crippen molar-refractivity contribution < 1.29 is 9.90 Å². The Morgan fingerprint density at radius 3 is 1.16 bits per heavy atom. The van der Waals surface area contributed by atoms with Crippen LogP contribution < -0.4 is 0 Å². The summed E-state index contributed by atoms with van der Waals surface area (Å²) in [6, 6.07) is 0. The van der Waals surface area contributed by atoms with E-state index < -0.39 is 6.10 Å². The molecule has 0 saturated heterocycles. The molecular formula is C30H60O2. The lowest BCUT2D eigenvalue weighted by atomic mass is 10.0. The van der Waals surface area contributed by atoms with Gasteiger partial charge in [0.05, 0.1) is 6.10 Å². The van der Waals surface area contributed by atoms with Crippen LogP contribution in [0.1, 0.15) is 181 Å². The zero-order valence-corrected chi connectivity index (χ0v) is 22.3. The van der Waals surface area contributed by atoms with E-state index in [2.05, 4.69) is 13.8 Å². The number of unbranched alkanes of at least 4 members (excludes halogenated alkanes) is 21. The first-order valence-electron chi connectivity index (χ1n) is 14.9. The lowest BCUT2D eigenvalue weighted by Gasteiger charge is -2.09. The van der Waals surface area contributed by atoms with Crippen LogP contribution in [-0.2, 0) is 4.79 Å². The van der Waals surface area contributed by atoms with Crippen molar-refractivity contribution in [1.29, 1.82) is 0 Å². The second-order valence-electron chi connectivity index (χ2n) is 10.4. The molecule has 0 fully saturated rings. The number of ketones is 1. The molecule has 0 saturated carbocycles. The minimum absolute atomic E-state index is 0.239. The third-order valence-electron chi connectivity index (χ3n) is 6.91. The molecule has 0 rings (SSSR count). The number of carbonyl (C=O) groups excluding carboxylic acids is 1. The summed E-state index contributed by atoms with van der Waals surface area (Å²) in [5.41, 5.74) is 0. The van der Waals surface area contributed by atoms with Crippen LogP contribution >= 0.6 is 0 Å². The van der Waals surface area contributed by atoms with Crippen molar-refractivity contribution in [3.8, 4) is 0 Å². The number of hydrogen-bond acceptors (Lipinski definition) is 2. The minimum Gasteiger partial charge on any atom is -0.393 e. The van der Waals surface area contributed by atoms with Gasteiger partial charge in [0.1, 0.15) is 5.78 Å². The minimum atomic E-state index is -0.403. The van der Waals surface area contributed by atoms with Crippen LogP contribution in [0.3, 0.4) is 0 Å². The van der Waals surface area contributed by atoms with Gasteiger partial charge in [-0.2, -0.15) is 0 Å². The molecular weight excluding hydrogens is 392 g/mol. The van der Waals surface area contributed by atoms with Gasteiger partial charge in [-0.05, 0) is 12.8 Å². The number of carbonyl (C=O) groups is 1. The van der Waals surface area contributed by atoms with E-state index in [0.717, 1.165) is 25.7 Å². The van der Waals surface area contributed by atoms with Crippen molar-refractivity contribution in [3.63, 3.8) is 0 Å². The fraction of sp³-hybridized carbons (Fsp3) is 0.967. The summed E-state index contributed by atoms with van der Waals surface area (Å²) in [6.45, 7) is 4.39. The van der Waals surface area contributed by atoms with Crippen molar-refractivity contribution in [1.82, 2.24) is 0 Å². The molecule has 2 heteroatoms. The molecule has 0 aromatic carbocycles. The molecule has 0 unspecified atom stereocenters. The first-order chi connectivity index (χ1) is 15.7. The van der Waals surface area contributed by atoms with E-state index in [9.17, 15) is 9.90 Å². The maximum Gasteiger partial charge on any atom is 0.135 e. The summed E-state index contributed by atoms with van der Waals surface area (Å²) < 4.78 is 0. The molecule has 32 heavy (non-hydrogen) atoms. The predicted molar refractivity (Wildman–Crippen MR) is 142 cm³/mol. The molecule has 0 aliphatic heterocycles. The molecule has 0 bridgehead atoms. The van der Waals surface area contributed by atoms with Crippen LogP contribution in [0.5, 0.6) is 0 Å². The monoisotopic (exact) mass is 452 g/mol. The highest BCUT2D eigenvalue weighted by Crippen LogP contribution is 2.16. The molecule has 1 N–H and O–H groups in total. The van der Waals surface area contributed by atoms with Gasteiger partial charge in [-0.1, -0.05) is 155 Å². The van der Waals surface area contributed by atoms with Crippen molar-refractivity contribution in [3.05, 3.63) is 0 Å². The molecule has 0 amide bonds. The standard InChI is InChI=1S/C30H60O2/c1-3-5-7-8-9-10-11-12-13-14-15-16-17-18-19-20-21-22-23-24-25-27-30(32)28-29(31)26-6-4-2/h30,32H,3-28H2,1-2H3/t30-/m0/s1. The molecule has 0 aliphatic rings. The second-order valence-corrected chi connectivity index (χ2v) is 10.4. The second kappa shape index (κ2) is 26.9. The summed E-state index contributed by atoms with van der Waals surface area (Å²) in [7, 11) is 0. The van der Waals surface area contributed by atoms with Crippen LogP contribution in [0.4, 0.5) is 0 Å². The van der Waals surface area contributed by atoms with E-state index in [1.807, 2.05) is 0 Å². The van der Waals surface area contributed by atoms with E-state index in [1.165, 1.54) is 128 Å². The Labute approximate surface area is 202 Å². The van der Waals surface area contributed by atoms with E-state index in [-0.39, 0.29) is 5.78 Å². The summed E-state index contributed by atoms with van der Waals surface area (Å²) in [6.07, 6.45) is 32.7. The van der Waals surface area contributed by atoms with Crippen molar-refractivity contribution in [2.24, 2.45) is 0 Å². The SMILES string of the molecule is CCCCCCCCCCCCCCCCCCCCCCC[C@H](O)CC(=O)CCCC. The number of aliphatic hydroxyl groups is 1. The number of Topliss-reactive ketones (excluding diaryl/α,β-unsaturated/α-hetero) is 1. The fourth-order valence-corrected chi connectivity index (χ4v) is 4.65. The van der Waals surface area contributed by atoms with Gasteiger partial charge in [0.2, 0.25) is 0 Å². The highest BCUT2D eigenvalue weighted by Gasteiger charge is 2.09. The molecule has 0 heterocycles. The number of rotatable bonds is 27. The zero-order chi connectivity index (χ0) is 23.5. The smallest absolute Gasteiger partial charge is 0.135 e. The summed E-state index contributed by atoms with van der Waals surface area (Å²) in [4.78, 5) is 11.7. The summed E-state index contributed by atoms with van der Waals surface area (Å²) in [5, 5.41) is 9.96. The Morgan fingerprint density at radius 2 is 0.812 bits per heavy atom. The quantitative estimate of drug-likeness (QED) is 0.126. The van der Waals surface area contributed by atoms with Crippen LogP contribution in [0.15, 0.2) is 0 Å². The molecule has 0 radical (unpaired) electrons. The number of hydrogen-bond donors (Lipinski definition) is 1. The molecule has 0 spiro atoms. The number of aliphatic hydroxyl groups excluding tert-OH is 1. The average Bonchev–Trinajstić information content (AvgIpc) is 2.78. The highest BCUT2D eigenvalue weighted by atomic mass is 16.3. The van der Waals surface area contributed by atoms with E-state index >= 15 is 0 Å². The zero-order valence-electron chi connectivity index (χ0n) is 22.3. The normalized spacial score (nSPS) is 12.3. The van der Waals surface area contributed by atoms with Gasteiger partial charge in [0, 0.05) is 12.8 Å². The Balaban J connectivity index is 3.14. The van der Waals surface area contributed by atoms with Crippen LogP contribution in [0.25, 0.3) is 0 Å². The topological polar surface area (TPSA) is 37.3 Å². The first kappa shape index (κ1) is 31.6. The van der Waals surface area contributed by atoms with Gasteiger partial charge in [0.25, 0.3) is 0 Å². The highest BCUT2D eigenvalue weighted by molar-refractivity contribution is 5.78. The van der Waals surface area contributed by atoms with Crippen molar-refractivity contribution in [2.75, 3.05) is 0 Å². The van der Waals surface area contributed by atoms with E-state index in [1.54, 1.807) is 0 Å². The Kier molecular flexibility index (Phi) is 26.6. The lowest BCUT2D eigenvalue weighted by Crippen LogP contribution is -2.13.